The zero-order valence-electron chi connectivity index (χ0n) is 11.4. The van der Waals surface area contributed by atoms with Crippen molar-refractivity contribution in [3.8, 4) is 11.5 Å². The Balaban J connectivity index is 2.18. The van der Waals surface area contributed by atoms with Crippen LogP contribution in [0.2, 0.25) is 0 Å². The normalized spacial score (nSPS) is 12.3. The summed E-state index contributed by atoms with van der Waals surface area (Å²) in [5.74, 6) is 0.936. The van der Waals surface area contributed by atoms with Crippen LogP contribution in [0.1, 0.15) is 36.5 Å². The molecule has 2 rings (SSSR count). The Morgan fingerprint density at radius 2 is 1.68 bits per heavy atom. The van der Waals surface area contributed by atoms with Crippen LogP contribution < -0.4 is 0 Å². The summed E-state index contributed by atoms with van der Waals surface area (Å²) in [6.07, 6.45) is 1.77. The van der Waals surface area contributed by atoms with Gasteiger partial charge in [0.05, 0.1) is 0 Å². The van der Waals surface area contributed by atoms with Gasteiger partial charge in [-0.15, -0.1) is 0 Å². The Morgan fingerprint density at radius 3 is 2.37 bits per heavy atom. The van der Waals surface area contributed by atoms with Gasteiger partial charge in [-0.3, -0.25) is 0 Å². The number of hydrogen-bond acceptors (Lipinski definition) is 2. The van der Waals surface area contributed by atoms with Crippen molar-refractivity contribution in [2.75, 3.05) is 0 Å². The first-order valence-corrected chi connectivity index (χ1v) is 6.69. The van der Waals surface area contributed by atoms with Gasteiger partial charge >= 0.3 is 0 Å². The minimum absolute atomic E-state index is 0.300. The molecule has 0 saturated carbocycles. The van der Waals surface area contributed by atoms with Crippen molar-refractivity contribution in [2.24, 2.45) is 0 Å². The molecule has 2 aromatic carbocycles. The number of benzene rings is 2. The van der Waals surface area contributed by atoms with Crippen LogP contribution in [-0.4, -0.2) is 10.2 Å². The fraction of sp³-hybridized carbons (Fsp3) is 0.294. The van der Waals surface area contributed by atoms with Gasteiger partial charge in [0.15, 0.2) is 0 Å². The molecule has 0 heterocycles. The minimum Gasteiger partial charge on any atom is -0.508 e. The van der Waals surface area contributed by atoms with E-state index in [-0.39, 0.29) is 0 Å². The largest absolute Gasteiger partial charge is 0.508 e. The van der Waals surface area contributed by atoms with Crippen LogP contribution in [-0.2, 0) is 12.8 Å². The van der Waals surface area contributed by atoms with Gasteiger partial charge in [-0.2, -0.15) is 0 Å². The van der Waals surface area contributed by atoms with Crippen molar-refractivity contribution in [1.82, 2.24) is 0 Å². The van der Waals surface area contributed by atoms with Crippen molar-refractivity contribution in [3.63, 3.8) is 0 Å². The summed E-state index contributed by atoms with van der Waals surface area (Å²) in [5.41, 5.74) is 3.40. The average Bonchev–Trinajstić information content (AvgIpc) is 2.38. The summed E-state index contributed by atoms with van der Waals surface area (Å²) in [4.78, 5) is 0. The van der Waals surface area contributed by atoms with E-state index in [2.05, 4.69) is 19.9 Å². The van der Waals surface area contributed by atoms with Gasteiger partial charge in [-0.05, 0) is 59.7 Å². The summed E-state index contributed by atoms with van der Waals surface area (Å²) in [6.45, 7) is 4.21. The molecule has 0 aliphatic heterocycles. The number of aryl methyl sites for hydroxylation is 1. The number of rotatable bonds is 4. The molecule has 0 radical (unpaired) electrons. The minimum atomic E-state index is 0.300. The lowest BCUT2D eigenvalue weighted by molar-refractivity contribution is 0.472. The highest BCUT2D eigenvalue weighted by Crippen LogP contribution is 2.25. The van der Waals surface area contributed by atoms with E-state index in [0.29, 0.717) is 17.4 Å². The number of hydrogen-bond donors (Lipinski definition) is 2. The molecule has 2 heteroatoms. The van der Waals surface area contributed by atoms with Crippen LogP contribution >= 0.6 is 0 Å². The second-order valence-electron chi connectivity index (χ2n) is 5.06. The molecular weight excluding hydrogens is 236 g/mol. The lowest BCUT2D eigenvalue weighted by atomic mass is 9.92. The van der Waals surface area contributed by atoms with Crippen LogP contribution in [0, 0.1) is 0 Å². The zero-order chi connectivity index (χ0) is 13.8. The smallest absolute Gasteiger partial charge is 0.116 e. The molecule has 2 aromatic rings. The highest BCUT2D eigenvalue weighted by atomic mass is 16.3. The third kappa shape index (κ3) is 3.50. The van der Waals surface area contributed by atoms with Gasteiger partial charge < -0.3 is 10.2 Å². The average molecular weight is 256 g/mol. The predicted molar refractivity (Wildman–Crippen MR) is 77.7 cm³/mol. The summed E-state index contributed by atoms with van der Waals surface area (Å²) >= 11 is 0. The third-order valence-corrected chi connectivity index (χ3v) is 3.43. The number of aromatic hydroxyl groups is 2. The summed E-state index contributed by atoms with van der Waals surface area (Å²) in [6, 6.07) is 13.1. The summed E-state index contributed by atoms with van der Waals surface area (Å²) in [7, 11) is 0. The van der Waals surface area contributed by atoms with E-state index < -0.39 is 0 Å². The predicted octanol–water partition coefficient (Wildman–Crippen LogP) is 4.01. The van der Waals surface area contributed by atoms with Gasteiger partial charge in [0.25, 0.3) is 0 Å². The molecule has 1 atom stereocenters. The second kappa shape index (κ2) is 5.79. The Hall–Kier alpha value is -1.96. The summed E-state index contributed by atoms with van der Waals surface area (Å²) in [5, 5.41) is 19.2. The van der Waals surface area contributed by atoms with Crippen LogP contribution in [0.5, 0.6) is 11.5 Å². The molecule has 0 aliphatic rings. The molecule has 0 amide bonds. The van der Waals surface area contributed by atoms with Crippen molar-refractivity contribution in [1.29, 1.82) is 0 Å². The van der Waals surface area contributed by atoms with E-state index in [1.807, 2.05) is 24.3 Å². The van der Waals surface area contributed by atoms with Crippen molar-refractivity contribution < 1.29 is 10.2 Å². The molecule has 0 fully saturated rings. The molecule has 1 unspecified atom stereocenters. The Bertz CT molecular complexity index is 561. The lowest BCUT2D eigenvalue weighted by Gasteiger charge is -2.13. The van der Waals surface area contributed by atoms with Gasteiger partial charge in [0.2, 0.25) is 0 Å². The molecule has 19 heavy (non-hydrogen) atoms. The van der Waals surface area contributed by atoms with E-state index >= 15 is 0 Å². The van der Waals surface area contributed by atoms with Crippen LogP contribution in [0.15, 0.2) is 42.5 Å². The highest BCUT2D eigenvalue weighted by Gasteiger charge is 2.09. The maximum absolute atomic E-state index is 9.71. The van der Waals surface area contributed by atoms with Crippen molar-refractivity contribution in [2.45, 2.75) is 32.6 Å². The third-order valence-electron chi connectivity index (χ3n) is 3.43. The maximum Gasteiger partial charge on any atom is 0.116 e. The van der Waals surface area contributed by atoms with Gasteiger partial charge in [0.1, 0.15) is 11.5 Å². The Labute approximate surface area is 114 Å². The molecule has 0 aliphatic carbocycles. The molecule has 0 bridgehead atoms. The van der Waals surface area contributed by atoms with E-state index in [9.17, 15) is 10.2 Å². The number of phenols is 2. The van der Waals surface area contributed by atoms with E-state index in [4.69, 9.17) is 0 Å². The van der Waals surface area contributed by atoms with E-state index in [1.54, 1.807) is 12.1 Å². The van der Waals surface area contributed by atoms with E-state index in [1.165, 1.54) is 0 Å². The maximum atomic E-state index is 9.71. The SMILES string of the molecule is CCc1cc(O)cc(CC(C)c2cccc(O)c2)c1. The van der Waals surface area contributed by atoms with Gasteiger partial charge in [-0.1, -0.05) is 32.0 Å². The zero-order valence-corrected chi connectivity index (χ0v) is 11.4. The molecule has 100 valence electrons. The first-order valence-electron chi connectivity index (χ1n) is 6.69. The van der Waals surface area contributed by atoms with Gasteiger partial charge in [-0.25, -0.2) is 0 Å². The monoisotopic (exact) mass is 256 g/mol. The lowest BCUT2D eigenvalue weighted by Crippen LogP contribution is -1.99. The highest BCUT2D eigenvalue weighted by molar-refractivity contribution is 5.36. The Kier molecular flexibility index (Phi) is 4.10. The molecule has 2 nitrogen and oxygen atoms in total. The topological polar surface area (TPSA) is 40.5 Å². The Morgan fingerprint density at radius 1 is 0.947 bits per heavy atom. The molecule has 0 spiro atoms. The fourth-order valence-corrected chi connectivity index (χ4v) is 2.37. The first kappa shape index (κ1) is 13.5. The van der Waals surface area contributed by atoms with Crippen LogP contribution in [0.4, 0.5) is 0 Å². The van der Waals surface area contributed by atoms with Crippen LogP contribution in [0.3, 0.4) is 0 Å². The molecule has 2 N–H and O–H groups in total. The fourth-order valence-electron chi connectivity index (χ4n) is 2.37. The molecule has 0 aromatic heterocycles. The van der Waals surface area contributed by atoms with Gasteiger partial charge in [0, 0.05) is 0 Å². The second-order valence-corrected chi connectivity index (χ2v) is 5.06. The van der Waals surface area contributed by atoms with Crippen molar-refractivity contribution >= 4 is 0 Å². The standard InChI is InChI=1S/C17H20O2/c1-3-13-8-14(10-17(19)9-13)7-12(2)15-5-4-6-16(18)11-15/h4-6,8-12,18-19H,3,7H2,1-2H3. The molecule has 0 saturated heterocycles. The van der Waals surface area contributed by atoms with Crippen molar-refractivity contribution in [3.05, 3.63) is 59.2 Å². The summed E-state index contributed by atoms with van der Waals surface area (Å²) < 4.78 is 0. The quantitative estimate of drug-likeness (QED) is 0.867. The molecular formula is C17H20O2. The number of phenolic OH excluding ortho intramolecular Hbond substituents is 2. The van der Waals surface area contributed by atoms with Crippen LogP contribution in [0.25, 0.3) is 0 Å². The first-order chi connectivity index (χ1) is 9.08. The van der Waals surface area contributed by atoms with E-state index in [0.717, 1.165) is 29.5 Å².